The standard InChI is InChI=1S/C15H19N3O/c1-12(2)18-10-13-6-3-4-7-14(13)19-11-15-16-8-5-9-17-15/h3-9,12,18H,10-11H2,1-2H3. The van der Waals surface area contributed by atoms with Crippen LogP contribution < -0.4 is 10.1 Å². The number of aromatic nitrogens is 2. The first-order valence-electron chi connectivity index (χ1n) is 6.45. The highest BCUT2D eigenvalue weighted by molar-refractivity contribution is 5.33. The second-order valence-electron chi connectivity index (χ2n) is 4.60. The number of nitrogens with one attached hydrogen (secondary N) is 1. The molecule has 2 rings (SSSR count). The van der Waals surface area contributed by atoms with Gasteiger partial charge in [0.2, 0.25) is 0 Å². The Balaban J connectivity index is 1.99. The van der Waals surface area contributed by atoms with Gasteiger partial charge in [-0.15, -0.1) is 0 Å². The summed E-state index contributed by atoms with van der Waals surface area (Å²) in [6.45, 7) is 5.44. The summed E-state index contributed by atoms with van der Waals surface area (Å²) in [5.41, 5.74) is 1.15. The molecular weight excluding hydrogens is 238 g/mol. The van der Waals surface area contributed by atoms with Crippen molar-refractivity contribution < 1.29 is 4.74 Å². The minimum absolute atomic E-state index is 0.388. The third-order valence-corrected chi connectivity index (χ3v) is 2.65. The normalized spacial score (nSPS) is 10.7. The van der Waals surface area contributed by atoms with Gasteiger partial charge in [0.15, 0.2) is 5.82 Å². The lowest BCUT2D eigenvalue weighted by molar-refractivity contribution is 0.291. The Labute approximate surface area is 113 Å². The van der Waals surface area contributed by atoms with Gasteiger partial charge in [-0.1, -0.05) is 32.0 Å². The van der Waals surface area contributed by atoms with Crippen molar-refractivity contribution in [3.05, 3.63) is 54.1 Å². The van der Waals surface area contributed by atoms with E-state index in [-0.39, 0.29) is 0 Å². The first-order valence-corrected chi connectivity index (χ1v) is 6.45. The summed E-state index contributed by atoms with van der Waals surface area (Å²) in [4.78, 5) is 8.29. The predicted octanol–water partition coefficient (Wildman–Crippen LogP) is 2.55. The number of nitrogens with zero attached hydrogens (tertiary/aromatic N) is 2. The van der Waals surface area contributed by atoms with Crippen LogP contribution in [0.4, 0.5) is 0 Å². The molecule has 4 nitrogen and oxygen atoms in total. The summed E-state index contributed by atoms with van der Waals surface area (Å²) >= 11 is 0. The first kappa shape index (κ1) is 13.5. The monoisotopic (exact) mass is 257 g/mol. The molecule has 1 aromatic carbocycles. The van der Waals surface area contributed by atoms with E-state index in [0.29, 0.717) is 18.5 Å². The lowest BCUT2D eigenvalue weighted by Crippen LogP contribution is -2.22. The van der Waals surface area contributed by atoms with Crippen LogP contribution in [-0.4, -0.2) is 16.0 Å². The molecule has 1 heterocycles. The van der Waals surface area contributed by atoms with Crippen LogP contribution in [0.25, 0.3) is 0 Å². The van der Waals surface area contributed by atoms with Crippen LogP contribution in [0, 0.1) is 0 Å². The molecule has 4 heteroatoms. The van der Waals surface area contributed by atoms with E-state index in [1.807, 2.05) is 18.2 Å². The van der Waals surface area contributed by atoms with Gasteiger partial charge in [-0.3, -0.25) is 0 Å². The lowest BCUT2D eigenvalue weighted by atomic mass is 10.2. The van der Waals surface area contributed by atoms with Crippen LogP contribution in [0.3, 0.4) is 0 Å². The zero-order valence-electron chi connectivity index (χ0n) is 11.3. The van der Waals surface area contributed by atoms with Crippen molar-refractivity contribution in [2.75, 3.05) is 0 Å². The van der Waals surface area contributed by atoms with E-state index in [0.717, 1.165) is 17.9 Å². The molecule has 1 aromatic heterocycles. The van der Waals surface area contributed by atoms with Gasteiger partial charge in [-0.25, -0.2) is 9.97 Å². The van der Waals surface area contributed by atoms with E-state index >= 15 is 0 Å². The van der Waals surface area contributed by atoms with Crippen molar-refractivity contribution in [2.24, 2.45) is 0 Å². The van der Waals surface area contributed by atoms with Crippen LogP contribution in [0.5, 0.6) is 5.75 Å². The van der Waals surface area contributed by atoms with Gasteiger partial charge in [0.1, 0.15) is 12.4 Å². The fourth-order valence-electron chi connectivity index (χ4n) is 1.65. The maximum atomic E-state index is 5.79. The van der Waals surface area contributed by atoms with Gasteiger partial charge in [0.05, 0.1) is 0 Å². The summed E-state index contributed by atoms with van der Waals surface area (Å²) < 4.78 is 5.79. The van der Waals surface area contributed by atoms with Crippen LogP contribution >= 0.6 is 0 Å². The zero-order chi connectivity index (χ0) is 13.5. The molecule has 0 aliphatic rings. The van der Waals surface area contributed by atoms with E-state index in [1.165, 1.54) is 0 Å². The van der Waals surface area contributed by atoms with Crippen molar-refractivity contribution >= 4 is 0 Å². The largest absolute Gasteiger partial charge is 0.485 e. The maximum Gasteiger partial charge on any atom is 0.166 e. The van der Waals surface area contributed by atoms with Crippen molar-refractivity contribution in [3.63, 3.8) is 0 Å². The van der Waals surface area contributed by atoms with Gasteiger partial charge in [-0.05, 0) is 12.1 Å². The molecule has 0 spiro atoms. The number of hydrogen-bond acceptors (Lipinski definition) is 4. The molecule has 0 radical (unpaired) electrons. The molecule has 100 valence electrons. The van der Waals surface area contributed by atoms with Gasteiger partial charge in [0, 0.05) is 30.5 Å². The molecule has 0 amide bonds. The third kappa shape index (κ3) is 4.34. The maximum absolute atomic E-state index is 5.79. The topological polar surface area (TPSA) is 47.0 Å². The van der Waals surface area contributed by atoms with Gasteiger partial charge in [0.25, 0.3) is 0 Å². The summed E-state index contributed by atoms with van der Waals surface area (Å²) in [6, 6.07) is 10.3. The fourth-order valence-corrected chi connectivity index (χ4v) is 1.65. The molecule has 0 saturated heterocycles. The molecule has 0 bridgehead atoms. The molecule has 19 heavy (non-hydrogen) atoms. The average Bonchev–Trinajstić information content (AvgIpc) is 2.45. The number of rotatable bonds is 6. The van der Waals surface area contributed by atoms with Crippen molar-refractivity contribution in [2.45, 2.75) is 33.0 Å². The second kappa shape index (κ2) is 6.85. The van der Waals surface area contributed by atoms with Gasteiger partial charge in [-0.2, -0.15) is 0 Å². The smallest absolute Gasteiger partial charge is 0.166 e. The number of para-hydroxylation sites is 1. The van der Waals surface area contributed by atoms with E-state index in [1.54, 1.807) is 18.5 Å². The zero-order valence-corrected chi connectivity index (χ0v) is 11.3. The fraction of sp³-hybridized carbons (Fsp3) is 0.333. The highest BCUT2D eigenvalue weighted by Crippen LogP contribution is 2.18. The van der Waals surface area contributed by atoms with Crippen LogP contribution in [-0.2, 0) is 13.2 Å². The Kier molecular flexibility index (Phi) is 4.86. The summed E-state index contributed by atoms with van der Waals surface area (Å²) in [7, 11) is 0. The average molecular weight is 257 g/mol. The van der Waals surface area contributed by atoms with Gasteiger partial charge >= 0.3 is 0 Å². The van der Waals surface area contributed by atoms with Crippen molar-refractivity contribution in [1.29, 1.82) is 0 Å². The summed E-state index contributed by atoms with van der Waals surface area (Å²) in [5.74, 6) is 1.57. The minimum atomic E-state index is 0.388. The first-order chi connectivity index (χ1) is 9.25. The second-order valence-corrected chi connectivity index (χ2v) is 4.60. The minimum Gasteiger partial charge on any atom is -0.485 e. The van der Waals surface area contributed by atoms with E-state index in [9.17, 15) is 0 Å². The molecular formula is C15H19N3O. The summed E-state index contributed by atoms with van der Waals surface area (Å²) in [5, 5.41) is 3.39. The van der Waals surface area contributed by atoms with Crippen LogP contribution in [0.2, 0.25) is 0 Å². The van der Waals surface area contributed by atoms with Crippen molar-refractivity contribution in [3.8, 4) is 5.75 Å². The van der Waals surface area contributed by atoms with E-state index < -0.39 is 0 Å². The van der Waals surface area contributed by atoms with Gasteiger partial charge < -0.3 is 10.1 Å². The Hall–Kier alpha value is -1.94. The molecule has 0 unspecified atom stereocenters. The molecule has 0 saturated carbocycles. The quantitative estimate of drug-likeness (QED) is 0.864. The molecule has 2 aromatic rings. The highest BCUT2D eigenvalue weighted by Gasteiger charge is 2.04. The Bertz CT molecular complexity index is 500. The highest BCUT2D eigenvalue weighted by atomic mass is 16.5. The molecule has 1 N–H and O–H groups in total. The SMILES string of the molecule is CC(C)NCc1ccccc1OCc1ncccn1. The third-order valence-electron chi connectivity index (χ3n) is 2.65. The Morgan fingerprint density at radius 2 is 1.84 bits per heavy atom. The Morgan fingerprint density at radius 3 is 2.58 bits per heavy atom. The van der Waals surface area contributed by atoms with E-state index in [2.05, 4.69) is 35.2 Å². The summed E-state index contributed by atoms with van der Waals surface area (Å²) in [6.07, 6.45) is 3.44. The molecule has 0 fully saturated rings. The Morgan fingerprint density at radius 1 is 1.11 bits per heavy atom. The molecule has 0 atom stereocenters. The molecule has 0 aliphatic carbocycles. The molecule has 0 aliphatic heterocycles. The lowest BCUT2D eigenvalue weighted by Gasteiger charge is -2.13. The number of benzene rings is 1. The van der Waals surface area contributed by atoms with Crippen molar-refractivity contribution in [1.82, 2.24) is 15.3 Å². The van der Waals surface area contributed by atoms with Crippen LogP contribution in [0.1, 0.15) is 25.2 Å². The predicted molar refractivity (Wildman–Crippen MR) is 74.8 cm³/mol. The van der Waals surface area contributed by atoms with E-state index in [4.69, 9.17) is 4.74 Å². The number of ether oxygens (including phenoxy) is 1. The number of hydrogen-bond donors (Lipinski definition) is 1. The van der Waals surface area contributed by atoms with Crippen LogP contribution in [0.15, 0.2) is 42.7 Å².